The van der Waals surface area contributed by atoms with Crippen LogP contribution in [0.3, 0.4) is 0 Å². The number of nitrogens with zero attached hydrogens (tertiary/aromatic N) is 4. The van der Waals surface area contributed by atoms with Crippen molar-refractivity contribution < 1.29 is 8.98 Å². The van der Waals surface area contributed by atoms with E-state index in [1.165, 1.54) is 36.3 Å². The van der Waals surface area contributed by atoms with Crippen molar-refractivity contribution >= 4 is 75.1 Å². The number of aromatic nitrogens is 4. The minimum atomic E-state index is 0.573. The third kappa shape index (κ3) is 4.48. The molecule has 11 rings (SSSR count). The maximum Gasteiger partial charge on any atom is 0.219 e. The second-order valence-electron chi connectivity index (χ2n) is 13.0. The van der Waals surface area contributed by atoms with Crippen molar-refractivity contribution in [1.82, 2.24) is 15.0 Å². The predicted molar refractivity (Wildman–Crippen MR) is 213 cm³/mol. The molecule has 0 spiro atoms. The summed E-state index contributed by atoms with van der Waals surface area (Å²) >= 11 is 1.82. The Morgan fingerprint density at radius 2 is 1.17 bits per heavy atom. The summed E-state index contributed by atoms with van der Waals surface area (Å²) in [6.07, 6.45) is 2.25. The van der Waals surface area contributed by atoms with Crippen molar-refractivity contribution in [3.05, 3.63) is 164 Å². The summed E-state index contributed by atoms with van der Waals surface area (Å²) in [6.45, 7) is 0. The van der Waals surface area contributed by atoms with Gasteiger partial charge in [-0.2, -0.15) is 4.57 Å². The average molecular weight is 684 g/mol. The van der Waals surface area contributed by atoms with Gasteiger partial charge >= 0.3 is 0 Å². The highest BCUT2D eigenvalue weighted by molar-refractivity contribution is 7.26. The molecule has 0 fully saturated rings. The molecule has 0 aliphatic heterocycles. The molecule has 0 aliphatic carbocycles. The van der Waals surface area contributed by atoms with Crippen molar-refractivity contribution in [2.45, 2.75) is 0 Å². The summed E-state index contributed by atoms with van der Waals surface area (Å²) in [5, 5.41) is 8.19. The summed E-state index contributed by atoms with van der Waals surface area (Å²) in [7, 11) is 0. The second-order valence-corrected chi connectivity index (χ2v) is 14.1. The molecule has 0 aliphatic rings. The zero-order valence-corrected chi connectivity index (χ0v) is 28.5. The van der Waals surface area contributed by atoms with Gasteiger partial charge in [-0.25, -0.2) is 15.0 Å². The Balaban J connectivity index is 1.18. The minimum Gasteiger partial charge on any atom is -0.455 e. The van der Waals surface area contributed by atoms with E-state index >= 15 is 0 Å². The Labute approximate surface area is 301 Å². The molecule has 4 aromatic heterocycles. The standard InChI is InChI=1S/C46H27N4OS/c1-3-12-28(13-4-1)44-47-45(49-46(48-44)35-20-11-19-34-33-18-9-10-21-38(33)51-43(34)35)29-22-24-39-36(26-29)42-40(52-39)25-23-37-41(42)32-17-8-7-14-30(32)27-50(37)31-15-5-2-6-16-31/h1-27H/q+1. The van der Waals surface area contributed by atoms with Gasteiger partial charge in [-0.15, -0.1) is 11.3 Å². The molecule has 0 atom stereocenters. The van der Waals surface area contributed by atoms with E-state index in [2.05, 4.69) is 108 Å². The zero-order valence-electron chi connectivity index (χ0n) is 27.7. The third-order valence-corrected chi connectivity index (χ3v) is 11.1. The topological polar surface area (TPSA) is 55.7 Å². The first-order chi connectivity index (χ1) is 25.8. The highest BCUT2D eigenvalue weighted by atomic mass is 32.1. The van der Waals surface area contributed by atoms with Crippen LogP contribution >= 0.6 is 11.3 Å². The quantitative estimate of drug-likeness (QED) is 0.137. The molecule has 7 aromatic carbocycles. The first-order valence-electron chi connectivity index (χ1n) is 17.3. The normalized spacial score (nSPS) is 11.8. The SMILES string of the molecule is c1ccc(-c2nc(-c3ccc4sc5ccc6c(c7ccccc7c[n+]6-c6ccccc6)c5c4c3)nc(-c3cccc4c3oc3ccccc34)n2)cc1. The summed E-state index contributed by atoms with van der Waals surface area (Å²) in [4.78, 5) is 15.3. The molecule has 6 heteroatoms. The third-order valence-electron chi connectivity index (χ3n) is 9.98. The number of hydrogen-bond donors (Lipinski definition) is 0. The van der Waals surface area contributed by atoms with Gasteiger partial charge in [0.15, 0.2) is 23.7 Å². The van der Waals surface area contributed by atoms with Crippen LogP contribution in [0.5, 0.6) is 0 Å². The fourth-order valence-electron chi connectivity index (χ4n) is 7.58. The molecule has 0 bridgehead atoms. The van der Waals surface area contributed by atoms with Gasteiger partial charge < -0.3 is 4.42 Å². The van der Waals surface area contributed by atoms with Gasteiger partial charge in [-0.1, -0.05) is 97.1 Å². The lowest BCUT2D eigenvalue weighted by Crippen LogP contribution is -2.31. The lowest BCUT2D eigenvalue weighted by molar-refractivity contribution is -0.565. The highest BCUT2D eigenvalue weighted by Crippen LogP contribution is 2.42. The molecule has 0 saturated carbocycles. The van der Waals surface area contributed by atoms with Crippen molar-refractivity contribution in [3.63, 3.8) is 0 Å². The molecule has 0 unspecified atom stereocenters. The number of para-hydroxylation sites is 3. The van der Waals surface area contributed by atoms with Crippen LogP contribution in [-0.4, -0.2) is 15.0 Å². The molecular weight excluding hydrogens is 657 g/mol. The predicted octanol–water partition coefficient (Wildman–Crippen LogP) is 11.7. The Hall–Kier alpha value is -6.76. The van der Waals surface area contributed by atoms with Gasteiger partial charge in [0.05, 0.1) is 10.9 Å². The first-order valence-corrected chi connectivity index (χ1v) is 18.1. The van der Waals surface area contributed by atoms with Gasteiger partial charge in [-0.3, -0.25) is 0 Å². The van der Waals surface area contributed by atoms with Crippen LogP contribution in [0.2, 0.25) is 0 Å². The number of benzene rings is 7. The molecule has 0 saturated heterocycles. The molecule has 0 amide bonds. The van der Waals surface area contributed by atoms with E-state index in [0.29, 0.717) is 17.5 Å². The molecule has 0 radical (unpaired) electrons. The lowest BCUT2D eigenvalue weighted by Gasteiger charge is -2.09. The summed E-state index contributed by atoms with van der Waals surface area (Å²) in [5.41, 5.74) is 6.58. The number of thiophene rings is 1. The fraction of sp³-hybridized carbons (Fsp3) is 0. The molecule has 5 nitrogen and oxygen atoms in total. The van der Waals surface area contributed by atoms with Crippen LogP contribution in [0.25, 0.3) is 104 Å². The van der Waals surface area contributed by atoms with Crippen LogP contribution in [0, 0.1) is 0 Å². The molecule has 4 heterocycles. The van der Waals surface area contributed by atoms with Crippen molar-refractivity contribution in [2.24, 2.45) is 0 Å². The van der Waals surface area contributed by atoms with Gasteiger partial charge in [0.1, 0.15) is 11.2 Å². The largest absolute Gasteiger partial charge is 0.455 e. The Bertz CT molecular complexity index is 3190. The Morgan fingerprint density at radius 3 is 2.04 bits per heavy atom. The van der Waals surface area contributed by atoms with Crippen LogP contribution in [0.1, 0.15) is 0 Å². The highest BCUT2D eigenvalue weighted by Gasteiger charge is 2.22. The zero-order chi connectivity index (χ0) is 34.2. The van der Waals surface area contributed by atoms with Crippen LogP contribution < -0.4 is 4.57 Å². The van der Waals surface area contributed by atoms with Gasteiger partial charge in [-0.05, 0) is 42.5 Å². The molecular formula is C46H27N4OS+. The van der Waals surface area contributed by atoms with Crippen LogP contribution in [0.15, 0.2) is 168 Å². The van der Waals surface area contributed by atoms with Crippen molar-refractivity contribution in [1.29, 1.82) is 0 Å². The average Bonchev–Trinajstić information content (AvgIpc) is 3.79. The number of fused-ring (bicyclic) bond motifs is 10. The Morgan fingerprint density at radius 1 is 0.481 bits per heavy atom. The summed E-state index contributed by atoms with van der Waals surface area (Å²) in [5.74, 6) is 1.80. The van der Waals surface area contributed by atoms with E-state index in [0.717, 1.165) is 49.8 Å². The van der Waals surface area contributed by atoms with Crippen molar-refractivity contribution in [3.8, 4) is 39.9 Å². The summed E-state index contributed by atoms with van der Waals surface area (Å²) < 4.78 is 11.2. The number of furan rings is 1. The van der Waals surface area contributed by atoms with Gasteiger partial charge in [0.2, 0.25) is 11.2 Å². The second kappa shape index (κ2) is 11.4. The lowest BCUT2D eigenvalue weighted by atomic mass is 9.99. The molecule has 11 aromatic rings. The van der Waals surface area contributed by atoms with E-state index in [4.69, 9.17) is 19.4 Å². The molecule has 242 valence electrons. The molecule has 0 N–H and O–H groups in total. The van der Waals surface area contributed by atoms with Gasteiger partial charge in [0, 0.05) is 71.0 Å². The maximum atomic E-state index is 6.44. The van der Waals surface area contributed by atoms with Crippen LogP contribution in [-0.2, 0) is 0 Å². The van der Waals surface area contributed by atoms with E-state index < -0.39 is 0 Å². The fourth-order valence-corrected chi connectivity index (χ4v) is 8.68. The maximum absolute atomic E-state index is 6.44. The summed E-state index contributed by atoms with van der Waals surface area (Å²) in [6, 6.07) is 54.8. The van der Waals surface area contributed by atoms with E-state index in [1.54, 1.807) is 0 Å². The monoisotopic (exact) mass is 683 g/mol. The first kappa shape index (κ1) is 29.0. The smallest absolute Gasteiger partial charge is 0.219 e. The van der Waals surface area contributed by atoms with Gasteiger partial charge in [0.25, 0.3) is 0 Å². The number of hydrogen-bond acceptors (Lipinski definition) is 5. The van der Waals surface area contributed by atoms with E-state index in [1.807, 2.05) is 72.0 Å². The number of pyridine rings is 1. The minimum absolute atomic E-state index is 0.573. The van der Waals surface area contributed by atoms with Crippen molar-refractivity contribution in [2.75, 3.05) is 0 Å². The van der Waals surface area contributed by atoms with E-state index in [9.17, 15) is 0 Å². The van der Waals surface area contributed by atoms with Crippen LogP contribution in [0.4, 0.5) is 0 Å². The van der Waals surface area contributed by atoms with E-state index in [-0.39, 0.29) is 0 Å². The Kier molecular flexibility index (Phi) is 6.35. The molecule has 52 heavy (non-hydrogen) atoms. The number of rotatable bonds is 4.